The van der Waals surface area contributed by atoms with E-state index in [1.807, 2.05) is 91.0 Å². The Morgan fingerprint density at radius 1 is 0.595 bits per heavy atom. The number of hydrogen-bond acceptors (Lipinski definition) is 9. The second kappa shape index (κ2) is 15.4. The van der Waals surface area contributed by atoms with E-state index in [1.165, 1.54) is 0 Å². The Kier molecular flexibility index (Phi) is 11.1. The van der Waals surface area contributed by atoms with Crippen LogP contribution in [0.3, 0.4) is 0 Å². The zero-order valence-corrected chi connectivity index (χ0v) is 23.3. The molecule has 9 nitrogen and oxygen atoms in total. The van der Waals surface area contributed by atoms with E-state index < -0.39 is 49.0 Å². The summed E-state index contributed by atoms with van der Waals surface area (Å²) in [5, 5.41) is 32.1. The molecule has 224 valence electrons. The first-order valence-corrected chi connectivity index (χ1v) is 14.1. The minimum Gasteiger partial charge on any atom is -0.493 e. The molecule has 2 aliphatic rings. The second-order valence-electron chi connectivity index (χ2n) is 10.4. The summed E-state index contributed by atoms with van der Waals surface area (Å²) in [5.41, 5.74) is 2.95. The van der Waals surface area contributed by atoms with Crippen LogP contribution in [0.15, 0.2) is 103 Å². The minimum atomic E-state index is -1.52. The lowest BCUT2D eigenvalue weighted by Gasteiger charge is -2.43. The Bertz CT molecular complexity index is 1210. The Hall–Kier alpha value is -3.12. The Labute approximate surface area is 245 Å². The zero-order chi connectivity index (χ0) is 29.1. The number of aliphatic hydroxyl groups excluding tert-OH is 3. The third-order valence-electron chi connectivity index (χ3n) is 7.24. The van der Waals surface area contributed by atoms with E-state index in [9.17, 15) is 15.3 Å². The van der Waals surface area contributed by atoms with Gasteiger partial charge in [0, 0.05) is 0 Å². The lowest BCUT2D eigenvalue weighted by atomic mass is 9.98. The molecule has 0 amide bonds. The van der Waals surface area contributed by atoms with Gasteiger partial charge in [0.1, 0.15) is 36.6 Å². The minimum absolute atomic E-state index is 0.0156. The molecule has 0 bridgehead atoms. The molecule has 2 heterocycles. The maximum absolute atomic E-state index is 10.8. The maximum atomic E-state index is 10.8. The normalized spacial score (nSPS) is 29.2. The van der Waals surface area contributed by atoms with Crippen LogP contribution < -0.4 is 0 Å². The number of aliphatic hydroxyl groups is 3. The van der Waals surface area contributed by atoms with Crippen molar-refractivity contribution in [3.8, 4) is 0 Å². The fourth-order valence-corrected chi connectivity index (χ4v) is 4.89. The average molecular weight is 579 g/mol. The first-order valence-electron chi connectivity index (χ1n) is 14.1. The van der Waals surface area contributed by atoms with Crippen molar-refractivity contribution in [3.63, 3.8) is 0 Å². The lowest BCUT2D eigenvalue weighted by Crippen LogP contribution is -2.61. The van der Waals surface area contributed by atoms with Crippen molar-refractivity contribution in [2.24, 2.45) is 0 Å². The largest absolute Gasteiger partial charge is 0.493 e. The fraction of sp³-hybridized carbons (Fsp3) is 0.394. The number of ether oxygens (including phenoxy) is 6. The molecule has 3 N–H and O–H groups in total. The van der Waals surface area contributed by atoms with Crippen molar-refractivity contribution in [3.05, 3.63) is 120 Å². The summed E-state index contributed by atoms with van der Waals surface area (Å²) < 4.78 is 36.1. The van der Waals surface area contributed by atoms with E-state index in [1.54, 1.807) is 12.3 Å². The molecule has 0 saturated carbocycles. The number of rotatable bonds is 13. The standard InChI is InChI=1S/C33H38O9/c34-29-27(21-37-18-23-10-4-1-5-11-23)41-33(31(36)30(29)35)42-32-26(40-20-25-14-8-3-9-15-25)16-17-39-28(32)22-38-19-24-12-6-2-7-13-24/h1-17,26-36H,18-22H2/t26?,27-,28-,29+,30+,31-,32+,33+/m1/s1. The van der Waals surface area contributed by atoms with E-state index >= 15 is 0 Å². The molecule has 0 aliphatic carbocycles. The van der Waals surface area contributed by atoms with Gasteiger partial charge in [0.2, 0.25) is 0 Å². The third kappa shape index (κ3) is 8.25. The Morgan fingerprint density at radius 2 is 1.12 bits per heavy atom. The molecule has 0 radical (unpaired) electrons. The highest BCUT2D eigenvalue weighted by molar-refractivity contribution is 5.15. The Morgan fingerprint density at radius 3 is 1.69 bits per heavy atom. The van der Waals surface area contributed by atoms with Crippen LogP contribution in [0.1, 0.15) is 16.7 Å². The molecule has 3 aromatic carbocycles. The summed E-state index contributed by atoms with van der Waals surface area (Å²) in [5.74, 6) is 0. The first-order chi connectivity index (χ1) is 20.6. The molecular weight excluding hydrogens is 540 g/mol. The highest BCUT2D eigenvalue weighted by Gasteiger charge is 2.47. The molecule has 5 rings (SSSR count). The molecular formula is C33H38O9. The van der Waals surface area contributed by atoms with Crippen LogP contribution in [-0.2, 0) is 48.2 Å². The van der Waals surface area contributed by atoms with Crippen LogP contribution in [0.4, 0.5) is 0 Å². The van der Waals surface area contributed by atoms with Gasteiger partial charge >= 0.3 is 0 Å². The number of benzene rings is 3. The van der Waals surface area contributed by atoms with Gasteiger partial charge in [0.25, 0.3) is 0 Å². The molecule has 1 unspecified atom stereocenters. The van der Waals surface area contributed by atoms with Gasteiger partial charge in [0.05, 0.1) is 39.3 Å². The van der Waals surface area contributed by atoms with Gasteiger partial charge in [-0.15, -0.1) is 0 Å². The van der Waals surface area contributed by atoms with Gasteiger partial charge in [0.15, 0.2) is 12.4 Å². The van der Waals surface area contributed by atoms with Gasteiger partial charge in [-0.1, -0.05) is 91.0 Å². The summed E-state index contributed by atoms with van der Waals surface area (Å²) in [4.78, 5) is 0. The lowest BCUT2D eigenvalue weighted by molar-refractivity contribution is -0.327. The van der Waals surface area contributed by atoms with Crippen molar-refractivity contribution < 1.29 is 43.7 Å². The van der Waals surface area contributed by atoms with Crippen molar-refractivity contribution >= 4 is 0 Å². The number of hydrogen-bond donors (Lipinski definition) is 3. The van der Waals surface area contributed by atoms with E-state index in [0.29, 0.717) is 19.8 Å². The smallest absolute Gasteiger partial charge is 0.187 e. The second-order valence-corrected chi connectivity index (χ2v) is 10.4. The maximum Gasteiger partial charge on any atom is 0.187 e. The molecule has 2 aliphatic heterocycles. The van der Waals surface area contributed by atoms with E-state index in [0.717, 1.165) is 16.7 Å². The van der Waals surface area contributed by atoms with Crippen LogP contribution in [0.5, 0.6) is 0 Å². The predicted octanol–water partition coefficient (Wildman–Crippen LogP) is 3.11. The quantitative estimate of drug-likeness (QED) is 0.281. The van der Waals surface area contributed by atoms with Crippen LogP contribution in [-0.4, -0.2) is 77.6 Å². The molecule has 9 heteroatoms. The molecule has 42 heavy (non-hydrogen) atoms. The fourth-order valence-electron chi connectivity index (χ4n) is 4.89. The summed E-state index contributed by atoms with van der Waals surface area (Å²) >= 11 is 0. The van der Waals surface area contributed by atoms with Crippen molar-refractivity contribution in [1.82, 2.24) is 0 Å². The third-order valence-corrected chi connectivity index (χ3v) is 7.24. The first kappa shape index (κ1) is 30.3. The predicted molar refractivity (Wildman–Crippen MR) is 153 cm³/mol. The molecule has 1 saturated heterocycles. The van der Waals surface area contributed by atoms with Crippen molar-refractivity contribution in [2.75, 3.05) is 13.2 Å². The van der Waals surface area contributed by atoms with Crippen LogP contribution in [0.25, 0.3) is 0 Å². The molecule has 1 fully saturated rings. The van der Waals surface area contributed by atoms with Gasteiger partial charge < -0.3 is 43.7 Å². The summed E-state index contributed by atoms with van der Waals surface area (Å²) in [7, 11) is 0. The summed E-state index contributed by atoms with van der Waals surface area (Å²) in [6.07, 6.45) is -5.25. The van der Waals surface area contributed by atoms with E-state index in [2.05, 4.69) is 0 Å². The van der Waals surface area contributed by atoms with E-state index in [-0.39, 0.29) is 13.2 Å². The van der Waals surface area contributed by atoms with Gasteiger partial charge in [-0.05, 0) is 22.8 Å². The SMILES string of the molecule is O[C@H]1[C@@H](O)[C@@H](COCc2ccccc2)O[C@@H](O[C@H]2C(OCc3ccccc3)C=CO[C@@H]2COCc2ccccc2)[C@@H]1O. The molecule has 8 atom stereocenters. The van der Waals surface area contributed by atoms with Gasteiger partial charge in [-0.2, -0.15) is 0 Å². The topological polar surface area (TPSA) is 116 Å². The van der Waals surface area contributed by atoms with Crippen LogP contribution in [0, 0.1) is 0 Å². The average Bonchev–Trinajstić information content (AvgIpc) is 3.03. The summed E-state index contributed by atoms with van der Waals surface area (Å²) in [6, 6.07) is 29.1. The van der Waals surface area contributed by atoms with Gasteiger partial charge in [-0.3, -0.25) is 0 Å². The molecule has 0 aromatic heterocycles. The van der Waals surface area contributed by atoms with Crippen LogP contribution >= 0.6 is 0 Å². The van der Waals surface area contributed by atoms with Crippen LogP contribution in [0.2, 0.25) is 0 Å². The molecule has 3 aromatic rings. The highest BCUT2D eigenvalue weighted by Crippen LogP contribution is 2.28. The summed E-state index contributed by atoms with van der Waals surface area (Å²) in [6.45, 7) is 1.15. The molecule has 0 spiro atoms. The van der Waals surface area contributed by atoms with Gasteiger partial charge in [-0.25, -0.2) is 0 Å². The van der Waals surface area contributed by atoms with E-state index in [4.69, 9.17) is 28.4 Å². The Balaban J connectivity index is 1.26. The zero-order valence-electron chi connectivity index (χ0n) is 23.3. The monoisotopic (exact) mass is 578 g/mol. The highest BCUT2D eigenvalue weighted by atomic mass is 16.7. The van der Waals surface area contributed by atoms with Crippen molar-refractivity contribution in [2.45, 2.75) is 68.8 Å². The van der Waals surface area contributed by atoms with Crippen molar-refractivity contribution in [1.29, 1.82) is 0 Å².